The fourth-order valence-electron chi connectivity index (χ4n) is 3.73. The highest BCUT2D eigenvalue weighted by atomic mass is 16.5. The van der Waals surface area contributed by atoms with E-state index < -0.39 is 0 Å². The molecule has 0 radical (unpaired) electrons. The van der Waals surface area contributed by atoms with Gasteiger partial charge in [-0.2, -0.15) is 5.10 Å². The van der Waals surface area contributed by atoms with Crippen molar-refractivity contribution in [2.24, 2.45) is 11.0 Å². The van der Waals surface area contributed by atoms with Gasteiger partial charge in [-0.25, -0.2) is 5.01 Å². The molecule has 2 aromatic rings. The van der Waals surface area contributed by atoms with E-state index in [0.717, 1.165) is 29.9 Å². The van der Waals surface area contributed by atoms with Gasteiger partial charge in [0.25, 0.3) is 5.91 Å². The second kappa shape index (κ2) is 8.98. The lowest BCUT2D eigenvalue weighted by molar-refractivity contribution is -0.156. The third-order valence-electron chi connectivity index (χ3n) is 5.40. The number of allylic oxidation sites excluding steroid dienone is 2. The molecule has 0 fully saturated rings. The molecule has 156 valence electrons. The Labute approximate surface area is 175 Å². The number of ether oxygens (including phenoxy) is 2. The first-order valence-corrected chi connectivity index (χ1v) is 10.0. The molecule has 7 heteroatoms. The summed E-state index contributed by atoms with van der Waals surface area (Å²) in [5, 5.41) is 5.91. The largest absolute Gasteiger partial charge is 0.497 e. The van der Waals surface area contributed by atoms with E-state index >= 15 is 0 Å². The predicted molar refractivity (Wildman–Crippen MR) is 110 cm³/mol. The number of furan rings is 1. The highest BCUT2D eigenvalue weighted by molar-refractivity contribution is 6.03. The van der Waals surface area contributed by atoms with Crippen molar-refractivity contribution in [3.63, 3.8) is 0 Å². The maximum Gasteiger partial charge on any atom is 0.309 e. The zero-order valence-corrected chi connectivity index (χ0v) is 16.8. The third kappa shape index (κ3) is 4.30. The fraction of sp³-hybridized carbons (Fsp3) is 0.348. The number of hydrogen-bond acceptors (Lipinski definition) is 6. The van der Waals surface area contributed by atoms with Crippen LogP contribution >= 0.6 is 0 Å². The van der Waals surface area contributed by atoms with Crippen molar-refractivity contribution in [2.75, 3.05) is 13.7 Å². The molecule has 0 N–H and O–H groups in total. The molecule has 0 saturated carbocycles. The van der Waals surface area contributed by atoms with Gasteiger partial charge in [0.05, 0.1) is 25.0 Å². The Bertz CT molecular complexity index is 946. The monoisotopic (exact) mass is 408 g/mol. The van der Waals surface area contributed by atoms with Gasteiger partial charge in [-0.1, -0.05) is 12.2 Å². The van der Waals surface area contributed by atoms with E-state index in [-0.39, 0.29) is 30.4 Å². The zero-order chi connectivity index (χ0) is 20.9. The standard InChI is InChI=1S/C23H24N2O5/c1-28-18-11-9-16(10-12-18)19-14-20(21-8-5-13-29-21)25(24-19)22(26)15-30-23(27)17-6-3-2-4-7-17/h2-3,5,8-13,17,20H,4,6-7,14-15H2,1H3. The molecule has 1 amide bonds. The third-order valence-corrected chi connectivity index (χ3v) is 5.40. The van der Waals surface area contributed by atoms with Crippen LogP contribution in [0.5, 0.6) is 5.75 Å². The lowest BCUT2D eigenvalue weighted by Crippen LogP contribution is -2.32. The SMILES string of the molecule is COc1ccc(C2=NN(C(=O)COC(=O)C3CC=CCC3)C(c3ccco3)C2)cc1. The summed E-state index contributed by atoms with van der Waals surface area (Å²) >= 11 is 0. The molecule has 2 aliphatic rings. The average Bonchev–Trinajstić information content (AvgIpc) is 3.48. The Morgan fingerprint density at radius 3 is 2.70 bits per heavy atom. The molecule has 1 aromatic carbocycles. The average molecular weight is 408 g/mol. The van der Waals surface area contributed by atoms with Gasteiger partial charge in [0.15, 0.2) is 6.61 Å². The van der Waals surface area contributed by atoms with Crippen LogP contribution < -0.4 is 4.74 Å². The quantitative estimate of drug-likeness (QED) is 0.535. The molecule has 1 aromatic heterocycles. The molecule has 2 heterocycles. The molecule has 30 heavy (non-hydrogen) atoms. The highest BCUT2D eigenvalue weighted by Crippen LogP contribution is 2.33. The molecule has 2 atom stereocenters. The number of methoxy groups -OCH3 is 1. The molecular weight excluding hydrogens is 384 g/mol. The molecule has 1 aliphatic carbocycles. The molecule has 2 unspecified atom stereocenters. The first-order valence-electron chi connectivity index (χ1n) is 10.0. The number of hydrogen-bond donors (Lipinski definition) is 0. The fourth-order valence-corrected chi connectivity index (χ4v) is 3.73. The summed E-state index contributed by atoms with van der Waals surface area (Å²) in [6.45, 7) is -0.338. The Balaban J connectivity index is 1.48. The van der Waals surface area contributed by atoms with E-state index in [1.54, 1.807) is 19.4 Å². The number of carbonyl (C=O) groups is 2. The van der Waals surface area contributed by atoms with Crippen molar-refractivity contribution >= 4 is 17.6 Å². The van der Waals surface area contributed by atoms with Crippen LogP contribution in [0.15, 0.2) is 64.3 Å². The van der Waals surface area contributed by atoms with Crippen molar-refractivity contribution in [1.82, 2.24) is 5.01 Å². The molecule has 0 bridgehead atoms. The Morgan fingerprint density at radius 1 is 1.20 bits per heavy atom. The number of rotatable bonds is 6. The summed E-state index contributed by atoms with van der Waals surface area (Å²) in [7, 11) is 1.61. The second-order valence-electron chi connectivity index (χ2n) is 7.34. The van der Waals surface area contributed by atoms with E-state index in [0.29, 0.717) is 18.6 Å². The van der Waals surface area contributed by atoms with Crippen LogP contribution in [-0.4, -0.2) is 36.3 Å². The van der Waals surface area contributed by atoms with Gasteiger partial charge < -0.3 is 13.9 Å². The number of amides is 1. The van der Waals surface area contributed by atoms with Crippen LogP contribution in [0.1, 0.15) is 43.0 Å². The second-order valence-corrected chi connectivity index (χ2v) is 7.34. The van der Waals surface area contributed by atoms with Gasteiger partial charge in [-0.05, 0) is 61.2 Å². The first-order chi connectivity index (χ1) is 14.7. The lowest BCUT2D eigenvalue weighted by atomic mass is 9.95. The maximum atomic E-state index is 12.9. The van der Waals surface area contributed by atoms with Gasteiger partial charge in [-0.15, -0.1) is 0 Å². The van der Waals surface area contributed by atoms with Gasteiger partial charge in [-0.3, -0.25) is 9.59 Å². The minimum Gasteiger partial charge on any atom is -0.497 e. The predicted octanol–water partition coefficient (Wildman–Crippen LogP) is 3.87. The van der Waals surface area contributed by atoms with E-state index in [1.165, 1.54) is 5.01 Å². The van der Waals surface area contributed by atoms with Crippen LogP contribution in [0.3, 0.4) is 0 Å². The minimum atomic E-state index is -0.375. The summed E-state index contributed by atoms with van der Waals surface area (Å²) < 4.78 is 16.1. The van der Waals surface area contributed by atoms with Crippen molar-refractivity contribution in [1.29, 1.82) is 0 Å². The summed E-state index contributed by atoms with van der Waals surface area (Å²) in [5.74, 6) is 0.498. The van der Waals surface area contributed by atoms with Crippen molar-refractivity contribution < 1.29 is 23.5 Å². The van der Waals surface area contributed by atoms with E-state index in [1.807, 2.05) is 36.4 Å². The van der Waals surface area contributed by atoms with Gasteiger partial charge in [0.1, 0.15) is 17.6 Å². The Morgan fingerprint density at radius 2 is 2.03 bits per heavy atom. The lowest BCUT2D eigenvalue weighted by Gasteiger charge is -2.21. The summed E-state index contributed by atoms with van der Waals surface area (Å²) in [6, 6.07) is 10.7. The molecule has 4 rings (SSSR count). The first kappa shape index (κ1) is 19.9. The van der Waals surface area contributed by atoms with Crippen LogP contribution in [0.4, 0.5) is 0 Å². The number of nitrogens with zero attached hydrogens (tertiary/aromatic N) is 2. The molecule has 1 aliphatic heterocycles. The molecular formula is C23H24N2O5. The normalized spacial score (nSPS) is 20.7. The number of carbonyl (C=O) groups excluding carboxylic acids is 2. The van der Waals surface area contributed by atoms with Gasteiger partial charge in [0, 0.05) is 6.42 Å². The van der Waals surface area contributed by atoms with Crippen molar-refractivity contribution in [2.45, 2.75) is 31.7 Å². The number of benzene rings is 1. The number of hydrazone groups is 1. The van der Waals surface area contributed by atoms with E-state index in [4.69, 9.17) is 13.9 Å². The summed E-state index contributed by atoms with van der Waals surface area (Å²) in [4.78, 5) is 25.2. The molecule has 0 spiro atoms. The van der Waals surface area contributed by atoms with Gasteiger partial charge >= 0.3 is 5.97 Å². The summed E-state index contributed by atoms with van der Waals surface area (Å²) in [6.07, 6.45) is 8.38. The maximum absolute atomic E-state index is 12.9. The van der Waals surface area contributed by atoms with Crippen LogP contribution in [0.25, 0.3) is 0 Å². The van der Waals surface area contributed by atoms with Gasteiger partial charge in [0.2, 0.25) is 0 Å². The zero-order valence-electron chi connectivity index (χ0n) is 16.8. The number of esters is 1. The molecule has 7 nitrogen and oxygen atoms in total. The van der Waals surface area contributed by atoms with Crippen LogP contribution in [0, 0.1) is 5.92 Å². The Kier molecular flexibility index (Phi) is 5.97. The van der Waals surface area contributed by atoms with Crippen LogP contribution in [-0.2, 0) is 14.3 Å². The highest BCUT2D eigenvalue weighted by Gasteiger charge is 2.35. The van der Waals surface area contributed by atoms with E-state index in [9.17, 15) is 9.59 Å². The van der Waals surface area contributed by atoms with Crippen molar-refractivity contribution in [3.8, 4) is 5.75 Å². The Hall–Kier alpha value is -3.35. The molecule has 0 saturated heterocycles. The van der Waals surface area contributed by atoms with Crippen molar-refractivity contribution in [3.05, 3.63) is 66.1 Å². The topological polar surface area (TPSA) is 81.3 Å². The van der Waals surface area contributed by atoms with E-state index in [2.05, 4.69) is 11.2 Å². The van der Waals surface area contributed by atoms with Crippen LogP contribution in [0.2, 0.25) is 0 Å². The summed E-state index contributed by atoms with van der Waals surface area (Å²) in [5.41, 5.74) is 1.66. The smallest absolute Gasteiger partial charge is 0.309 e. The minimum absolute atomic E-state index is 0.180.